The van der Waals surface area contributed by atoms with Crippen LogP contribution in [0.5, 0.6) is 0 Å². The van der Waals surface area contributed by atoms with Crippen LogP contribution in [0.15, 0.2) is 18.2 Å². The second-order valence-electron chi connectivity index (χ2n) is 6.17. The van der Waals surface area contributed by atoms with Crippen LogP contribution in [0, 0.1) is 11.8 Å². The highest BCUT2D eigenvalue weighted by Gasteiger charge is 2.12. The Morgan fingerprint density at radius 2 is 1.65 bits per heavy atom. The first kappa shape index (κ1) is 17.0. The molecular weight excluding hydrogens is 270 g/mol. The zero-order valence-corrected chi connectivity index (χ0v) is 13.8. The fraction of sp³-hybridized carbons (Fsp3) is 0.588. The van der Waals surface area contributed by atoms with Crippen LogP contribution in [-0.4, -0.2) is 19.4 Å². The molecule has 1 rings (SSSR count). The molecule has 0 aliphatic carbocycles. The van der Waals surface area contributed by atoms with Crippen molar-refractivity contribution in [3.63, 3.8) is 0 Å². The van der Waals surface area contributed by atoms with Crippen LogP contribution in [-0.2, 0) is 0 Å². The molecule has 2 nitrogen and oxygen atoms in total. The van der Waals surface area contributed by atoms with Gasteiger partial charge >= 0.3 is 0 Å². The van der Waals surface area contributed by atoms with Gasteiger partial charge in [0.15, 0.2) is 6.29 Å². The van der Waals surface area contributed by atoms with Gasteiger partial charge in [0.05, 0.1) is 0 Å². The van der Waals surface area contributed by atoms with E-state index in [9.17, 15) is 4.79 Å². The summed E-state index contributed by atoms with van der Waals surface area (Å²) in [5, 5.41) is 0.614. The normalized spacial score (nSPS) is 11.2. The van der Waals surface area contributed by atoms with Crippen molar-refractivity contribution in [2.75, 3.05) is 18.0 Å². The minimum absolute atomic E-state index is 0.614. The third-order valence-corrected chi connectivity index (χ3v) is 3.65. The maximum Gasteiger partial charge on any atom is 0.152 e. The average molecular weight is 296 g/mol. The van der Waals surface area contributed by atoms with Crippen LogP contribution < -0.4 is 4.90 Å². The Morgan fingerprint density at radius 3 is 2.10 bits per heavy atom. The number of carbonyl (C=O) groups excluding carboxylic acids is 1. The Kier molecular flexibility index (Phi) is 7.08. The SMILES string of the molecule is CC(C)CCN(CCC(C)C)c1ccc(Cl)cc1C=O. The number of halogens is 1. The van der Waals surface area contributed by atoms with Crippen molar-refractivity contribution in [3.8, 4) is 0 Å². The first-order chi connectivity index (χ1) is 9.43. The molecule has 0 heterocycles. The number of hydrogen-bond donors (Lipinski definition) is 0. The van der Waals surface area contributed by atoms with Crippen molar-refractivity contribution < 1.29 is 4.79 Å². The van der Waals surface area contributed by atoms with Gasteiger partial charge in [0.1, 0.15) is 0 Å². The molecule has 0 radical (unpaired) electrons. The molecule has 1 aromatic rings. The molecule has 0 saturated carbocycles. The third-order valence-electron chi connectivity index (χ3n) is 3.41. The van der Waals surface area contributed by atoms with E-state index in [1.807, 2.05) is 12.1 Å². The smallest absolute Gasteiger partial charge is 0.152 e. The van der Waals surface area contributed by atoms with Crippen molar-refractivity contribution in [2.45, 2.75) is 40.5 Å². The molecule has 20 heavy (non-hydrogen) atoms. The van der Waals surface area contributed by atoms with Crippen LogP contribution in [0.1, 0.15) is 50.9 Å². The number of aldehydes is 1. The Labute approximate surface area is 128 Å². The first-order valence-electron chi connectivity index (χ1n) is 7.43. The topological polar surface area (TPSA) is 20.3 Å². The van der Waals surface area contributed by atoms with Gasteiger partial charge in [0.25, 0.3) is 0 Å². The van der Waals surface area contributed by atoms with Gasteiger partial charge in [-0.25, -0.2) is 0 Å². The van der Waals surface area contributed by atoms with Gasteiger partial charge in [-0.1, -0.05) is 39.3 Å². The molecule has 1 aromatic carbocycles. The third kappa shape index (κ3) is 5.54. The van der Waals surface area contributed by atoms with Crippen LogP contribution in [0.2, 0.25) is 5.02 Å². The molecule has 0 spiro atoms. The summed E-state index contributed by atoms with van der Waals surface area (Å²) >= 11 is 5.98. The number of nitrogens with zero attached hydrogens (tertiary/aromatic N) is 1. The fourth-order valence-corrected chi connectivity index (χ4v) is 2.27. The van der Waals surface area contributed by atoms with Gasteiger partial charge < -0.3 is 4.90 Å². The fourth-order valence-electron chi connectivity index (χ4n) is 2.09. The molecule has 0 amide bonds. The highest BCUT2D eigenvalue weighted by atomic mass is 35.5. The minimum Gasteiger partial charge on any atom is -0.371 e. The van der Waals surface area contributed by atoms with Gasteiger partial charge in [-0.05, 0) is 42.9 Å². The second-order valence-corrected chi connectivity index (χ2v) is 6.61. The van der Waals surface area contributed by atoms with E-state index in [-0.39, 0.29) is 0 Å². The average Bonchev–Trinajstić information content (AvgIpc) is 2.38. The summed E-state index contributed by atoms with van der Waals surface area (Å²) in [6.45, 7) is 10.9. The number of carbonyl (C=O) groups is 1. The van der Waals surface area contributed by atoms with E-state index < -0.39 is 0 Å². The Balaban J connectivity index is 2.92. The van der Waals surface area contributed by atoms with E-state index in [1.165, 1.54) is 0 Å². The Hall–Kier alpha value is -1.02. The number of benzene rings is 1. The quantitative estimate of drug-likeness (QED) is 0.625. The van der Waals surface area contributed by atoms with Crippen molar-refractivity contribution in [2.24, 2.45) is 11.8 Å². The van der Waals surface area contributed by atoms with Gasteiger partial charge in [-0.3, -0.25) is 4.79 Å². The van der Waals surface area contributed by atoms with E-state index in [2.05, 4.69) is 32.6 Å². The predicted octanol–water partition coefficient (Wildman–Crippen LogP) is 5.05. The molecule has 0 atom stereocenters. The van der Waals surface area contributed by atoms with Gasteiger partial charge in [-0.15, -0.1) is 0 Å². The molecule has 0 bridgehead atoms. The number of rotatable bonds is 8. The van der Waals surface area contributed by atoms with E-state index in [0.29, 0.717) is 22.4 Å². The molecule has 0 saturated heterocycles. The largest absolute Gasteiger partial charge is 0.371 e. The molecular formula is C17H26ClNO. The minimum atomic E-state index is 0.614. The van der Waals surface area contributed by atoms with Crippen molar-refractivity contribution in [1.82, 2.24) is 0 Å². The van der Waals surface area contributed by atoms with Crippen LogP contribution in [0.25, 0.3) is 0 Å². The zero-order valence-electron chi connectivity index (χ0n) is 13.0. The van der Waals surface area contributed by atoms with Gasteiger partial charge in [0, 0.05) is 29.4 Å². The monoisotopic (exact) mass is 295 g/mol. The lowest BCUT2D eigenvalue weighted by Gasteiger charge is -2.28. The van der Waals surface area contributed by atoms with Gasteiger partial charge in [-0.2, -0.15) is 0 Å². The summed E-state index contributed by atoms with van der Waals surface area (Å²) in [4.78, 5) is 13.6. The maximum atomic E-state index is 11.3. The van der Waals surface area contributed by atoms with E-state index >= 15 is 0 Å². The van der Waals surface area contributed by atoms with E-state index in [0.717, 1.165) is 37.9 Å². The molecule has 0 aliphatic rings. The van der Waals surface area contributed by atoms with Crippen LogP contribution in [0.4, 0.5) is 5.69 Å². The molecule has 0 N–H and O–H groups in total. The Bertz CT molecular complexity index is 417. The number of hydrogen-bond acceptors (Lipinski definition) is 2. The predicted molar refractivity (Wildman–Crippen MR) is 88.0 cm³/mol. The molecule has 0 aromatic heterocycles. The van der Waals surface area contributed by atoms with E-state index in [1.54, 1.807) is 6.07 Å². The molecule has 0 fully saturated rings. The molecule has 0 unspecified atom stereocenters. The summed E-state index contributed by atoms with van der Waals surface area (Å²) in [6.07, 6.45) is 3.15. The van der Waals surface area contributed by atoms with Crippen molar-refractivity contribution in [1.29, 1.82) is 0 Å². The van der Waals surface area contributed by atoms with Crippen molar-refractivity contribution >= 4 is 23.6 Å². The summed E-state index contributed by atoms with van der Waals surface area (Å²) in [7, 11) is 0. The highest BCUT2D eigenvalue weighted by Crippen LogP contribution is 2.24. The maximum absolute atomic E-state index is 11.3. The summed E-state index contributed by atoms with van der Waals surface area (Å²) in [5.74, 6) is 1.31. The second kappa shape index (κ2) is 8.31. The lowest BCUT2D eigenvalue weighted by atomic mass is 10.1. The summed E-state index contributed by atoms with van der Waals surface area (Å²) < 4.78 is 0. The lowest BCUT2D eigenvalue weighted by Crippen LogP contribution is -2.28. The van der Waals surface area contributed by atoms with Crippen LogP contribution >= 0.6 is 11.6 Å². The highest BCUT2D eigenvalue weighted by molar-refractivity contribution is 6.31. The van der Waals surface area contributed by atoms with Gasteiger partial charge in [0.2, 0.25) is 0 Å². The summed E-state index contributed by atoms with van der Waals surface area (Å²) in [5.41, 5.74) is 1.69. The van der Waals surface area contributed by atoms with Crippen LogP contribution in [0.3, 0.4) is 0 Å². The van der Waals surface area contributed by atoms with Crippen molar-refractivity contribution in [3.05, 3.63) is 28.8 Å². The molecule has 112 valence electrons. The lowest BCUT2D eigenvalue weighted by molar-refractivity contribution is 0.112. The number of anilines is 1. The summed E-state index contributed by atoms with van der Waals surface area (Å²) in [6, 6.07) is 5.58. The first-order valence-corrected chi connectivity index (χ1v) is 7.81. The van der Waals surface area contributed by atoms with E-state index in [4.69, 9.17) is 11.6 Å². The zero-order chi connectivity index (χ0) is 15.1. The Morgan fingerprint density at radius 1 is 1.10 bits per heavy atom. The molecule has 0 aliphatic heterocycles. The standard InChI is InChI=1S/C17H26ClNO/c1-13(2)7-9-19(10-8-14(3)4)17-6-5-16(18)11-15(17)12-20/h5-6,11-14H,7-10H2,1-4H3. The molecule has 3 heteroatoms.